The molecule has 4 aromatic rings. The van der Waals surface area contributed by atoms with Crippen molar-refractivity contribution >= 4 is 45.9 Å². The van der Waals surface area contributed by atoms with E-state index in [1.54, 1.807) is 36.0 Å². The average molecular weight is 629 g/mol. The van der Waals surface area contributed by atoms with Crippen LogP contribution in [0.2, 0.25) is 0 Å². The lowest BCUT2D eigenvalue weighted by Crippen LogP contribution is -2.35. The van der Waals surface area contributed by atoms with Crippen LogP contribution in [0.15, 0.2) is 76.6 Å². The van der Waals surface area contributed by atoms with Crippen molar-refractivity contribution in [3.63, 3.8) is 0 Å². The Hall–Kier alpha value is -4.32. The number of benzene rings is 3. The first-order valence-corrected chi connectivity index (χ1v) is 15.7. The topological polar surface area (TPSA) is 122 Å². The Morgan fingerprint density at radius 2 is 1.89 bits per heavy atom. The van der Waals surface area contributed by atoms with E-state index in [2.05, 4.69) is 15.6 Å². The van der Waals surface area contributed by atoms with Crippen LogP contribution in [0.4, 0.5) is 16.2 Å². The summed E-state index contributed by atoms with van der Waals surface area (Å²) in [5.74, 6) is -0.149. The van der Waals surface area contributed by atoms with Gasteiger partial charge in [0.2, 0.25) is 5.91 Å². The van der Waals surface area contributed by atoms with E-state index < -0.39 is 18.2 Å². The molecule has 4 bridgehead atoms. The van der Waals surface area contributed by atoms with Crippen molar-refractivity contribution in [2.45, 2.75) is 48.6 Å². The number of aromatic amines is 1. The highest BCUT2D eigenvalue weighted by atomic mass is 32.2. The van der Waals surface area contributed by atoms with Crippen LogP contribution in [0.5, 0.6) is 0 Å². The second-order valence-electron chi connectivity index (χ2n) is 11.4. The minimum Gasteiger partial charge on any atom is -0.446 e. The van der Waals surface area contributed by atoms with E-state index in [1.165, 1.54) is 7.11 Å². The maximum Gasteiger partial charge on any atom is 0.411 e. The number of aromatic nitrogens is 1. The Morgan fingerprint density at radius 3 is 2.67 bits per heavy atom. The third-order valence-electron chi connectivity index (χ3n) is 7.97. The van der Waals surface area contributed by atoms with E-state index in [1.807, 2.05) is 61.5 Å². The molecule has 2 atom stereocenters. The number of nitrogens with one attached hydrogen (secondary N) is 3. The first kappa shape index (κ1) is 30.7. The van der Waals surface area contributed by atoms with Crippen LogP contribution in [-0.2, 0) is 25.5 Å². The number of methoxy groups -OCH3 is 1. The fourth-order valence-electron chi connectivity index (χ4n) is 5.47. The predicted octanol–water partition coefficient (Wildman–Crippen LogP) is 6.13. The number of hydrogen-bond acceptors (Lipinski definition) is 8. The molecule has 3 aliphatic rings. The van der Waals surface area contributed by atoms with Gasteiger partial charge in [-0.2, -0.15) is 0 Å². The maximum atomic E-state index is 14.3. The predicted molar refractivity (Wildman–Crippen MR) is 175 cm³/mol. The quantitative estimate of drug-likeness (QED) is 0.209. The molecule has 10 nitrogen and oxygen atoms in total. The van der Waals surface area contributed by atoms with Gasteiger partial charge in [0, 0.05) is 53.8 Å². The Morgan fingerprint density at radius 1 is 1.04 bits per heavy atom. The zero-order chi connectivity index (χ0) is 31.5. The monoisotopic (exact) mass is 628 g/mol. The van der Waals surface area contributed by atoms with Crippen LogP contribution in [0.1, 0.15) is 47.2 Å². The zero-order valence-electron chi connectivity index (χ0n) is 25.4. The molecule has 2 aliphatic heterocycles. The van der Waals surface area contributed by atoms with Crippen molar-refractivity contribution in [3.05, 3.63) is 99.5 Å². The summed E-state index contributed by atoms with van der Waals surface area (Å²) in [5.41, 5.74) is 4.35. The minimum absolute atomic E-state index is 0.00881. The van der Waals surface area contributed by atoms with Crippen molar-refractivity contribution in [1.29, 1.82) is 0 Å². The summed E-state index contributed by atoms with van der Waals surface area (Å²) in [7, 11) is 3.31. The third-order valence-corrected chi connectivity index (χ3v) is 9.43. The first-order valence-electron chi connectivity index (χ1n) is 14.9. The maximum absolute atomic E-state index is 14.3. The number of pyridine rings is 1. The van der Waals surface area contributed by atoms with Gasteiger partial charge in [-0.3, -0.25) is 14.9 Å². The molecule has 45 heavy (non-hydrogen) atoms. The minimum atomic E-state index is -0.757. The highest BCUT2D eigenvalue weighted by Crippen LogP contribution is 2.41. The van der Waals surface area contributed by atoms with E-state index >= 15 is 0 Å². The van der Waals surface area contributed by atoms with Crippen LogP contribution in [-0.4, -0.2) is 54.7 Å². The molecule has 1 fully saturated rings. The Labute approximate surface area is 265 Å². The summed E-state index contributed by atoms with van der Waals surface area (Å²) >= 11 is 1.80. The smallest absolute Gasteiger partial charge is 0.411 e. The van der Waals surface area contributed by atoms with Gasteiger partial charge in [0.15, 0.2) is 0 Å². The Kier molecular flexibility index (Phi) is 9.11. The van der Waals surface area contributed by atoms with E-state index in [0.29, 0.717) is 28.6 Å². The normalized spacial score (nSPS) is 19.0. The van der Waals surface area contributed by atoms with Gasteiger partial charge in [-0.05, 0) is 83.8 Å². The molecule has 3 heterocycles. The molecule has 0 spiro atoms. The molecule has 2 amide bonds. The fraction of sp³-hybridized carbons (Fsp3) is 0.324. The average Bonchev–Trinajstić information content (AvgIpc) is 3.85. The summed E-state index contributed by atoms with van der Waals surface area (Å²) in [4.78, 5) is 45.2. The number of H-pyrrole nitrogens is 1. The third kappa shape index (κ3) is 7.16. The largest absolute Gasteiger partial charge is 0.446 e. The zero-order valence-corrected chi connectivity index (χ0v) is 26.2. The number of fused-ring (bicyclic) bond motifs is 10. The SMILES string of the molecule is COCO[C@H]1COC(=O)Nc2ccc(SC3CC3)c(c2)CN(C)C(=O)[C@H](Nc2ccc3cc[nH]c(=O)c3c2)c2ccc1c(C)c2. The van der Waals surface area contributed by atoms with E-state index in [4.69, 9.17) is 14.2 Å². The van der Waals surface area contributed by atoms with Gasteiger partial charge in [-0.1, -0.05) is 24.3 Å². The molecular weight excluding hydrogens is 592 g/mol. The van der Waals surface area contributed by atoms with Gasteiger partial charge < -0.3 is 29.4 Å². The van der Waals surface area contributed by atoms with Crippen LogP contribution >= 0.6 is 11.8 Å². The molecule has 3 N–H and O–H groups in total. The number of amides is 2. The Balaban J connectivity index is 1.41. The van der Waals surface area contributed by atoms with Crippen molar-refractivity contribution in [2.24, 2.45) is 0 Å². The number of nitrogens with zero attached hydrogens (tertiary/aromatic N) is 1. The molecular formula is C34H36N4O6S. The summed E-state index contributed by atoms with van der Waals surface area (Å²) in [6.07, 6.45) is 2.75. The molecule has 7 rings (SSSR count). The van der Waals surface area contributed by atoms with Crippen LogP contribution in [0.3, 0.4) is 0 Å². The number of likely N-dealkylation sites (N-methyl/N-ethyl adjacent to an activating group) is 1. The highest BCUT2D eigenvalue weighted by Gasteiger charge is 2.29. The number of carbonyl (C=O) groups is 2. The van der Waals surface area contributed by atoms with Gasteiger partial charge in [0.1, 0.15) is 25.5 Å². The number of thioether (sulfide) groups is 1. The van der Waals surface area contributed by atoms with Crippen LogP contribution in [0, 0.1) is 6.92 Å². The van der Waals surface area contributed by atoms with E-state index in [9.17, 15) is 14.4 Å². The summed E-state index contributed by atoms with van der Waals surface area (Å²) in [6.45, 7) is 2.23. The number of rotatable bonds is 7. The van der Waals surface area contributed by atoms with Crippen molar-refractivity contribution in [1.82, 2.24) is 9.88 Å². The molecule has 3 aromatic carbocycles. The molecule has 11 heteroatoms. The van der Waals surface area contributed by atoms with Gasteiger partial charge in [0.05, 0.1) is 0 Å². The summed E-state index contributed by atoms with van der Waals surface area (Å²) < 4.78 is 16.7. The lowest BCUT2D eigenvalue weighted by molar-refractivity contribution is -0.131. The van der Waals surface area contributed by atoms with Crippen LogP contribution in [0.25, 0.3) is 10.8 Å². The van der Waals surface area contributed by atoms with Gasteiger partial charge in [0.25, 0.3) is 5.56 Å². The van der Waals surface area contributed by atoms with Gasteiger partial charge >= 0.3 is 6.09 Å². The van der Waals surface area contributed by atoms with Gasteiger partial charge in [-0.25, -0.2) is 4.79 Å². The molecule has 0 saturated heterocycles. The first-order chi connectivity index (χ1) is 21.8. The highest BCUT2D eigenvalue weighted by molar-refractivity contribution is 8.00. The van der Waals surface area contributed by atoms with Crippen LogP contribution < -0.4 is 16.2 Å². The summed E-state index contributed by atoms with van der Waals surface area (Å²) in [5, 5.41) is 8.14. The molecule has 1 saturated carbocycles. The second-order valence-corrected chi connectivity index (χ2v) is 12.8. The van der Waals surface area contributed by atoms with Crippen molar-refractivity contribution in [3.8, 4) is 0 Å². The Bertz CT molecular complexity index is 1790. The van der Waals surface area contributed by atoms with E-state index in [0.717, 1.165) is 45.4 Å². The van der Waals surface area contributed by atoms with Crippen molar-refractivity contribution in [2.75, 3.05) is 38.2 Å². The second kappa shape index (κ2) is 13.4. The standard InChI is InChI=1S/C34H36N4O6S/c1-20-14-22-5-10-27(20)29(44-19-42-3)18-43-34(41)37-24-7-11-30(45-26-8-9-26)23(15-24)17-38(2)33(40)31(22)36-25-6-4-21-12-13-35-32(39)28(21)16-25/h4-7,10-16,26,29,31,36H,8-9,17-19H2,1-3H3,(H,35,39)(H,37,41)/t29-,31+/m0/s1. The molecule has 234 valence electrons. The lowest BCUT2D eigenvalue weighted by atomic mass is 9.96. The molecule has 1 aliphatic carbocycles. The number of aryl methyl sites for hydroxylation is 1. The number of anilines is 2. The summed E-state index contributed by atoms with van der Waals surface area (Å²) in [6, 6.07) is 18.0. The van der Waals surface area contributed by atoms with Crippen molar-refractivity contribution < 1.29 is 23.8 Å². The number of carbonyl (C=O) groups excluding carboxylic acids is 2. The lowest BCUT2D eigenvalue weighted by Gasteiger charge is -2.28. The molecule has 1 aromatic heterocycles. The van der Waals surface area contributed by atoms with E-state index in [-0.39, 0.29) is 24.9 Å². The number of ether oxygens (including phenoxy) is 3. The number of hydrogen-bond donors (Lipinski definition) is 3. The molecule has 0 unspecified atom stereocenters. The molecule has 0 radical (unpaired) electrons. The van der Waals surface area contributed by atoms with Gasteiger partial charge in [-0.15, -0.1) is 11.8 Å². The fourth-order valence-corrected chi connectivity index (χ4v) is 6.62.